The van der Waals surface area contributed by atoms with E-state index in [2.05, 4.69) is 5.32 Å². The van der Waals surface area contributed by atoms with Crippen LogP contribution in [-0.4, -0.2) is 27.1 Å². The maximum absolute atomic E-state index is 12.5. The van der Waals surface area contributed by atoms with Gasteiger partial charge in [0.05, 0.1) is 11.4 Å². The Morgan fingerprint density at radius 3 is 2.31 bits per heavy atom. The molecule has 0 aliphatic carbocycles. The van der Waals surface area contributed by atoms with Crippen molar-refractivity contribution in [3.63, 3.8) is 0 Å². The summed E-state index contributed by atoms with van der Waals surface area (Å²) in [6.45, 7) is 1.60. The summed E-state index contributed by atoms with van der Waals surface area (Å²) >= 11 is 0. The minimum absolute atomic E-state index is 0.0207. The zero-order chi connectivity index (χ0) is 18.7. The number of hydrogen-bond acceptors (Lipinski definition) is 3. The summed E-state index contributed by atoms with van der Waals surface area (Å²) in [7, 11) is -1.82. The highest BCUT2D eigenvalue weighted by Gasteiger charge is 2.16. The number of fused-ring (bicyclic) bond motifs is 1. The van der Waals surface area contributed by atoms with Gasteiger partial charge in [-0.15, -0.1) is 0 Å². The Balaban J connectivity index is 1.82. The van der Waals surface area contributed by atoms with Gasteiger partial charge in [0.25, 0.3) is 5.91 Å². The number of carbonyl (C=O) groups excluding carboxylic acids is 1. The summed E-state index contributed by atoms with van der Waals surface area (Å²) in [6.07, 6.45) is 0. The first-order valence-electron chi connectivity index (χ1n) is 8.28. The molecule has 0 bridgehead atoms. The summed E-state index contributed by atoms with van der Waals surface area (Å²) < 4.78 is 25.1. The number of hydrogen-bond donors (Lipinski definition) is 1. The lowest BCUT2D eigenvalue weighted by Crippen LogP contribution is -2.28. The first kappa shape index (κ1) is 17.9. The van der Waals surface area contributed by atoms with E-state index in [-0.39, 0.29) is 11.7 Å². The average Bonchev–Trinajstić information content (AvgIpc) is 2.67. The Kier molecular flexibility index (Phi) is 4.95. The molecule has 26 heavy (non-hydrogen) atoms. The first-order chi connectivity index (χ1) is 12.4. The van der Waals surface area contributed by atoms with Gasteiger partial charge >= 0.3 is 0 Å². The van der Waals surface area contributed by atoms with Gasteiger partial charge in [0.1, 0.15) is 0 Å². The minimum atomic E-state index is -3.32. The Morgan fingerprint density at radius 1 is 0.962 bits per heavy atom. The second-order valence-electron chi connectivity index (χ2n) is 5.90. The van der Waals surface area contributed by atoms with Gasteiger partial charge in [-0.1, -0.05) is 36.4 Å². The van der Waals surface area contributed by atoms with Crippen molar-refractivity contribution in [2.45, 2.75) is 6.92 Å². The third-order valence-electron chi connectivity index (χ3n) is 4.31. The molecule has 0 atom stereocenters. The van der Waals surface area contributed by atoms with E-state index in [0.29, 0.717) is 11.3 Å². The van der Waals surface area contributed by atoms with Crippen LogP contribution in [0.2, 0.25) is 0 Å². The van der Waals surface area contributed by atoms with Gasteiger partial charge in [0, 0.05) is 23.7 Å². The number of anilines is 2. The van der Waals surface area contributed by atoms with Crippen LogP contribution in [-0.2, 0) is 10.0 Å². The molecule has 0 heterocycles. The van der Waals surface area contributed by atoms with E-state index in [1.54, 1.807) is 31.2 Å². The molecule has 3 aromatic rings. The highest BCUT2D eigenvalue weighted by molar-refractivity contribution is 7.92. The number of nitrogens with zero attached hydrogens (tertiary/aromatic N) is 1. The predicted molar refractivity (Wildman–Crippen MR) is 106 cm³/mol. The van der Waals surface area contributed by atoms with Crippen LogP contribution in [0.4, 0.5) is 11.4 Å². The normalized spacial score (nSPS) is 11.3. The molecule has 1 N–H and O–H groups in total. The third-order valence-corrected chi connectivity index (χ3v) is 6.09. The van der Waals surface area contributed by atoms with Crippen LogP contribution in [0.1, 0.15) is 17.3 Å². The SMILES string of the molecule is CCS(=O)(=O)N(C)c1ccc(C(=O)Nc2cccc3ccccc23)cc1. The molecule has 0 radical (unpaired) electrons. The van der Waals surface area contributed by atoms with E-state index in [4.69, 9.17) is 0 Å². The van der Waals surface area contributed by atoms with Gasteiger partial charge in [0.15, 0.2) is 0 Å². The molecule has 0 saturated heterocycles. The van der Waals surface area contributed by atoms with Crippen molar-refractivity contribution < 1.29 is 13.2 Å². The minimum Gasteiger partial charge on any atom is -0.321 e. The van der Waals surface area contributed by atoms with Crippen molar-refractivity contribution in [3.05, 3.63) is 72.3 Å². The Hall–Kier alpha value is -2.86. The molecule has 0 unspecified atom stereocenters. The van der Waals surface area contributed by atoms with Crippen LogP contribution in [0.3, 0.4) is 0 Å². The van der Waals surface area contributed by atoms with Crippen molar-refractivity contribution in [1.29, 1.82) is 0 Å². The maximum Gasteiger partial charge on any atom is 0.255 e. The molecular weight excluding hydrogens is 348 g/mol. The zero-order valence-electron chi connectivity index (χ0n) is 14.6. The van der Waals surface area contributed by atoms with Gasteiger partial charge in [-0.05, 0) is 42.6 Å². The van der Waals surface area contributed by atoms with Crippen LogP contribution < -0.4 is 9.62 Å². The van der Waals surface area contributed by atoms with Gasteiger partial charge < -0.3 is 5.32 Å². The predicted octanol–water partition coefficient (Wildman–Crippen LogP) is 3.88. The van der Waals surface area contributed by atoms with Crippen molar-refractivity contribution in [1.82, 2.24) is 0 Å². The molecule has 0 aromatic heterocycles. The van der Waals surface area contributed by atoms with E-state index >= 15 is 0 Å². The highest BCUT2D eigenvalue weighted by Crippen LogP contribution is 2.24. The second kappa shape index (κ2) is 7.17. The van der Waals surface area contributed by atoms with Crippen LogP contribution in [0.15, 0.2) is 66.7 Å². The summed E-state index contributed by atoms with van der Waals surface area (Å²) in [5, 5.41) is 4.94. The topological polar surface area (TPSA) is 66.5 Å². The van der Waals surface area contributed by atoms with E-state index in [1.807, 2.05) is 42.5 Å². The molecule has 0 fully saturated rings. The lowest BCUT2D eigenvalue weighted by atomic mass is 10.1. The van der Waals surface area contributed by atoms with Gasteiger partial charge in [-0.25, -0.2) is 8.42 Å². The summed E-state index contributed by atoms with van der Waals surface area (Å²) in [5.74, 6) is -0.221. The number of sulfonamides is 1. The van der Waals surface area contributed by atoms with Gasteiger partial charge in [-0.2, -0.15) is 0 Å². The van der Waals surface area contributed by atoms with Crippen LogP contribution in [0.5, 0.6) is 0 Å². The molecule has 3 aromatic carbocycles. The van der Waals surface area contributed by atoms with Gasteiger partial charge in [-0.3, -0.25) is 9.10 Å². The number of amides is 1. The number of carbonyl (C=O) groups is 1. The standard InChI is InChI=1S/C20H20N2O3S/c1-3-26(24,25)22(2)17-13-11-16(12-14-17)20(23)21-19-10-6-8-15-7-4-5-9-18(15)19/h4-14H,3H2,1-2H3,(H,21,23). The van der Waals surface area contributed by atoms with E-state index < -0.39 is 10.0 Å². The zero-order valence-corrected chi connectivity index (χ0v) is 15.5. The maximum atomic E-state index is 12.5. The monoisotopic (exact) mass is 368 g/mol. The van der Waals surface area contributed by atoms with Crippen molar-refractivity contribution in [3.8, 4) is 0 Å². The fourth-order valence-electron chi connectivity index (χ4n) is 2.71. The van der Waals surface area contributed by atoms with Crippen molar-refractivity contribution in [2.75, 3.05) is 22.4 Å². The average molecular weight is 368 g/mol. The highest BCUT2D eigenvalue weighted by atomic mass is 32.2. The Bertz CT molecular complexity index is 1040. The quantitative estimate of drug-likeness (QED) is 0.743. The third kappa shape index (κ3) is 3.55. The van der Waals surface area contributed by atoms with E-state index in [0.717, 1.165) is 16.5 Å². The van der Waals surface area contributed by atoms with E-state index in [1.165, 1.54) is 11.4 Å². The fraction of sp³-hybridized carbons (Fsp3) is 0.150. The molecule has 0 aliphatic heterocycles. The number of rotatable bonds is 5. The van der Waals surface area contributed by atoms with E-state index in [9.17, 15) is 13.2 Å². The molecule has 0 saturated carbocycles. The molecule has 1 amide bonds. The molecule has 0 spiro atoms. The fourth-order valence-corrected chi connectivity index (χ4v) is 3.54. The molecule has 5 nitrogen and oxygen atoms in total. The Morgan fingerprint density at radius 2 is 1.62 bits per heavy atom. The van der Waals surface area contributed by atoms with Crippen LogP contribution in [0, 0.1) is 0 Å². The lowest BCUT2D eigenvalue weighted by molar-refractivity contribution is 0.102. The number of benzene rings is 3. The van der Waals surface area contributed by atoms with Gasteiger partial charge in [0.2, 0.25) is 10.0 Å². The summed E-state index contributed by atoms with van der Waals surface area (Å²) in [5.41, 5.74) is 1.72. The lowest BCUT2D eigenvalue weighted by Gasteiger charge is -2.18. The largest absolute Gasteiger partial charge is 0.321 e. The second-order valence-corrected chi connectivity index (χ2v) is 8.18. The van der Waals surface area contributed by atoms with Crippen molar-refractivity contribution >= 4 is 38.1 Å². The van der Waals surface area contributed by atoms with Crippen molar-refractivity contribution in [2.24, 2.45) is 0 Å². The molecular formula is C20H20N2O3S. The number of nitrogens with one attached hydrogen (secondary N) is 1. The molecule has 3 rings (SSSR count). The first-order valence-corrected chi connectivity index (χ1v) is 9.89. The molecule has 134 valence electrons. The molecule has 0 aliphatic rings. The van der Waals surface area contributed by atoms with Crippen LogP contribution >= 0.6 is 0 Å². The van der Waals surface area contributed by atoms with Crippen LogP contribution in [0.25, 0.3) is 10.8 Å². The summed E-state index contributed by atoms with van der Waals surface area (Å²) in [4.78, 5) is 12.5. The Labute approximate surface area is 153 Å². The molecule has 6 heteroatoms. The smallest absolute Gasteiger partial charge is 0.255 e. The summed E-state index contributed by atoms with van der Waals surface area (Å²) in [6, 6.07) is 20.1.